The van der Waals surface area contributed by atoms with Gasteiger partial charge in [0, 0.05) is 13.1 Å². The Bertz CT molecular complexity index is 687. The summed E-state index contributed by atoms with van der Waals surface area (Å²) in [5, 5.41) is 8.83. The van der Waals surface area contributed by atoms with Crippen LogP contribution in [0, 0.1) is 17.1 Å². The van der Waals surface area contributed by atoms with E-state index >= 15 is 0 Å². The smallest absolute Gasteiger partial charge is 0.227 e. The van der Waals surface area contributed by atoms with Crippen molar-refractivity contribution >= 4 is 5.91 Å². The highest BCUT2D eigenvalue weighted by Crippen LogP contribution is 2.11. The van der Waals surface area contributed by atoms with Crippen molar-refractivity contribution in [2.24, 2.45) is 0 Å². The maximum absolute atomic E-state index is 12.9. The molecule has 2 rings (SSSR count). The van der Waals surface area contributed by atoms with E-state index in [2.05, 4.69) is 6.07 Å². The van der Waals surface area contributed by atoms with Crippen LogP contribution in [0.2, 0.25) is 0 Å². The predicted molar refractivity (Wildman–Crippen MR) is 87.0 cm³/mol. The minimum Gasteiger partial charge on any atom is -0.338 e. The van der Waals surface area contributed by atoms with E-state index in [0.717, 1.165) is 17.5 Å². The number of nitriles is 1. The van der Waals surface area contributed by atoms with Crippen LogP contribution in [0.5, 0.6) is 0 Å². The number of carbonyl (C=O) groups is 1. The van der Waals surface area contributed by atoms with Gasteiger partial charge in [-0.25, -0.2) is 4.39 Å². The van der Waals surface area contributed by atoms with Crippen LogP contribution in [0.25, 0.3) is 0 Å². The molecule has 2 aromatic carbocycles. The van der Waals surface area contributed by atoms with Crippen LogP contribution in [-0.4, -0.2) is 17.4 Å². The Balaban J connectivity index is 2.05. The Morgan fingerprint density at radius 1 is 1.09 bits per heavy atom. The van der Waals surface area contributed by atoms with Gasteiger partial charge in [-0.05, 0) is 41.8 Å². The van der Waals surface area contributed by atoms with Gasteiger partial charge in [0.15, 0.2) is 0 Å². The van der Waals surface area contributed by atoms with Crippen LogP contribution in [0.3, 0.4) is 0 Å². The Kier molecular flexibility index (Phi) is 5.87. The molecule has 23 heavy (non-hydrogen) atoms. The third-order valence-corrected chi connectivity index (χ3v) is 3.57. The highest BCUT2D eigenvalue weighted by Gasteiger charge is 2.14. The van der Waals surface area contributed by atoms with Gasteiger partial charge >= 0.3 is 0 Å². The molecule has 0 unspecified atom stereocenters. The summed E-state index contributed by atoms with van der Waals surface area (Å²) >= 11 is 0. The molecule has 1 amide bonds. The zero-order chi connectivity index (χ0) is 16.7. The highest BCUT2D eigenvalue weighted by molar-refractivity contribution is 5.78. The lowest BCUT2D eigenvalue weighted by Crippen LogP contribution is -2.32. The van der Waals surface area contributed by atoms with Gasteiger partial charge in [-0.1, -0.05) is 31.2 Å². The first-order valence-electron chi connectivity index (χ1n) is 7.63. The average molecular weight is 310 g/mol. The molecule has 0 aromatic heterocycles. The van der Waals surface area contributed by atoms with Crippen molar-refractivity contribution < 1.29 is 9.18 Å². The Morgan fingerprint density at radius 2 is 1.70 bits per heavy atom. The number of halogens is 1. The van der Waals surface area contributed by atoms with Crippen LogP contribution in [-0.2, 0) is 17.8 Å². The van der Waals surface area contributed by atoms with Crippen LogP contribution in [0.1, 0.15) is 30.0 Å². The first-order valence-corrected chi connectivity index (χ1v) is 7.63. The first-order chi connectivity index (χ1) is 11.1. The molecule has 0 aliphatic carbocycles. The van der Waals surface area contributed by atoms with Gasteiger partial charge in [0.1, 0.15) is 5.82 Å². The number of benzene rings is 2. The third kappa shape index (κ3) is 4.93. The van der Waals surface area contributed by atoms with Crippen molar-refractivity contribution in [3.05, 3.63) is 71.0 Å². The lowest BCUT2D eigenvalue weighted by molar-refractivity contribution is -0.131. The molecule has 0 saturated carbocycles. The Morgan fingerprint density at radius 3 is 2.26 bits per heavy atom. The molecular formula is C19H19FN2O. The molecule has 0 heterocycles. The summed E-state index contributed by atoms with van der Waals surface area (Å²) < 4.78 is 12.9. The van der Waals surface area contributed by atoms with Gasteiger partial charge in [-0.3, -0.25) is 4.79 Å². The number of carbonyl (C=O) groups excluding carboxylic acids is 1. The number of rotatable bonds is 6. The second-order valence-electron chi connectivity index (χ2n) is 5.43. The molecule has 0 spiro atoms. The van der Waals surface area contributed by atoms with E-state index in [1.807, 2.05) is 19.1 Å². The van der Waals surface area contributed by atoms with Gasteiger partial charge < -0.3 is 4.90 Å². The normalized spacial score (nSPS) is 10.1. The molecule has 0 radical (unpaired) electrons. The predicted octanol–water partition coefficient (Wildman–Crippen LogP) is 3.68. The van der Waals surface area contributed by atoms with E-state index < -0.39 is 0 Å². The minimum atomic E-state index is -0.302. The molecule has 0 N–H and O–H groups in total. The molecule has 4 heteroatoms. The second kappa shape index (κ2) is 8.09. The lowest BCUT2D eigenvalue weighted by atomic mass is 10.1. The topological polar surface area (TPSA) is 44.1 Å². The first kappa shape index (κ1) is 16.7. The van der Waals surface area contributed by atoms with Crippen LogP contribution in [0.15, 0.2) is 48.5 Å². The van der Waals surface area contributed by atoms with Gasteiger partial charge in [-0.15, -0.1) is 0 Å². The van der Waals surface area contributed by atoms with Crippen molar-refractivity contribution in [3.63, 3.8) is 0 Å². The number of amides is 1. The van der Waals surface area contributed by atoms with Gasteiger partial charge in [0.25, 0.3) is 0 Å². The second-order valence-corrected chi connectivity index (χ2v) is 5.43. The van der Waals surface area contributed by atoms with Crippen LogP contribution < -0.4 is 0 Å². The highest BCUT2D eigenvalue weighted by atomic mass is 19.1. The van der Waals surface area contributed by atoms with Crippen molar-refractivity contribution in [3.8, 4) is 6.07 Å². The molecule has 0 aliphatic rings. The third-order valence-electron chi connectivity index (χ3n) is 3.57. The summed E-state index contributed by atoms with van der Waals surface area (Å²) in [5.74, 6) is -0.285. The molecule has 0 atom stereocenters. The summed E-state index contributed by atoms with van der Waals surface area (Å²) in [4.78, 5) is 14.3. The molecule has 0 bridgehead atoms. The summed E-state index contributed by atoms with van der Waals surface area (Å²) in [6, 6.07) is 15.3. The van der Waals surface area contributed by atoms with Crippen LogP contribution in [0.4, 0.5) is 4.39 Å². The SMILES string of the molecule is CCCN(Cc1ccc(C#N)cc1)C(=O)Cc1ccc(F)cc1. The van der Waals surface area contributed by atoms with E-state index in [4.69, 9.17) is 5.26 Å². The zero-order valence-electron chi connectivity index (χ0n) is 13.1. The van der Waals surface area contributed by atoms with Crippen molar-refractivity contribution in [1.82, 2.24) is 4.90 Å². The monoisotopic (exact) mass is 310 g/mol. The van der Waals surface area contributed by atoms with Crippen molar-refractivity contribution in [2.75, 3.05) is 6.54 Å². The molecule has 0 fully saturated rings. The van der Waals surface area contributed by atoms with Gasteiger partial charge in [0.05, 0.1) is 18.1 Å². The maximum Gasteiger partial charge on any atom is 0.227 e. The molecule has 0 aliphatic heterocycles. The van der Waals surface area contributed by atoms with Crippen molar-refractivity contribution in [2.45, 2.75) is 26.3 Å². The van der Waals surface area contributed by atoms with E-state index in [9.17, 15) is 9.18 Å². The molecule has 2 aromatic rings. The lowest BCUT2D eigenvalue weighted by Gasteiger charge is -2.22. The van der Waals surface area contributed by atoms with E-state index in [1.54, 1.807) is 29.2 Å². The summed E-state index contributed by atoms with van der Waals surface area (Å²) in [6.45, 7) is 3.20. The summed E-state index contributed by atoms with van der Waals surface area (Å²) in [5.41, 5.74) is 2.40. The van der Waals surface area contributed by atoms with Gasteiger partial charge in [0.2, 0.25) is 5.91 Å². The summed E-state index contributed by atoms with van der Waals surface area (Å²) in [7, 11) is 0. The average Bonchev–Trinajstić information content (AvgIpc) is 2.57. The van der Waals surface area contributed by atoms with Crippen molar-refractivity contribution in [1.29, 1.82) is 5.26 Å². The fraction of sp³-hybridized carbons (Fsp3) is 0.263. The van der Waals surface area contributed by atoms with Gasteiger partial charge in [-0.2, -0.15) is 5.26 Å². The molecule has 3 nitrogen and oxygen atoms in total. The number of nitrogens with zero attached hydrogens (tertiary/aromatic N) is 2. The number of hydrogen-bond acceptors (Lipinski definition) is 2. The van der Waals surface area contributed by atoms with E-state index in [-0.39, 0.29) is 18.1 Å². The van der Waals surface area contributed by atoms with E-state index in [1.165, 1.54) is 12.1 Å². The maximum atomic E-state index is 12.9. The Labute approximate surface area is 136 Å². The number of hydrogen-bond donors (Lipinski definition) is 0. The largest absolute Gasteiger partial charge is 0.338 e. The fourth-order valence-corrected chi connectivity index (χ4v) is 2.36. The summed E-state index contributed by atoms with van der Waals surface area (Å²) in [6.07, 6.45) is 1.13. The fourth-order valence-electron chi connectivity index (χ4n) is 2.36. The Hall–Kier alpha value is -2.67. The van der Waals surface area contributed by atoms with E-state index in [0.29, 0.717) is 18.7 Å². The molecular weight excluding hydrogens is 291 g/mol. The van der Waals surface area contributed by atoms with Crippen LogP contribution >= 0.6 is 0 Å². The quantitative estimate of drug-likeness (QED) is 0.817. The zero-order valence-corrected chi connectivity index (χ0v) is 13.1. The minimum absolute atomic E-state index is 0.0165. The standard InChI is InChI=1S/C19H19FN2O/c1-2-11-22(14-17-5-3-16(13-21)4-6-17)19(23)12-15-7-9-18(20)10-8-15/h3-10H,2,11-12,14H2,1H3. The molecule has 0 saturated heterocycles. The molecule has 118 valence electrons.